The molecule has 5 aromatic rings. The van der Waals surface area contributed by atoms with Crippen LogP contribution in [0.15, 0.2) is 96.4 Å². The van der Waals surface area contributed by atoms with E-state index in [1.807, 2.05) is 71.7 Å². The van der Waals surface area contributed by atoms with Crippen LogP contribution < -0.4 is 10.2 Å². The lowest BCUT2D eigenvalue weighted by atomic mass is 10.1. The standard InChI is InChI=1S/C27H23N5OS/c1-19-8-10-20(11-9-19)25-17-28-27(34-25)30-29-16-22-18-32(23-6-4-3-5-7-23)31-26(22)21-12-14-24(33-2)15-13-21/h3-18H,1-2H3,(H,28,30)/b29-16+. The Kier molecular flexibility index (Phi) is 6.18. The maximum atomic E-state index is 5.30. The second kappa shape index (κ2) is 9.72. The van der Waals surface area contributed by atoms with Gasteiger partial charge >= 0.3 is 0 Å². The third kappa shape index (κ3) is 4.74. The van der Waals surface area contributed by atoms with Gasteiger partial charge in [-0.1, -0.05) is 59.4 Å². The number of hydrogen-bond donors (Lipinski definition) is 1. The van der Waals surface area contributed by atoms with E-state index in [0.29, 0.717) is 0 Å². The highest BCUT2D eigenvalue weighted by atomic mass is 32.1. The van der Waals surface area contributed by atoms with Crippen LogP contribution in [0.5, 0.6) is 5.75 Å². The van der Waals surface area contributed by atoms with E-state index in [0.717, 1.165) is 43.8 Å². The van der Waals surface area contributed by atoms with Crippen molar-refractivity contribution in [2.45, 2.75) is 6.92 Å². The van der Waals surface area contributed by atoms with Crippen LogP contribution in [-0.4, -0.2) is 28.1 Å². The first-order valence-electron chi connectivity index (χ1n) is 10.8. The minimum atomic E-state index is 0.730. The molecule has 6 nitrogen and oxygen atoms in total. The van der Waals surface area contributed by atoms with E-state index < -0.39 is 0 Å². The maximum Gasteiger partial charge on any atom is 0.203 e. The summed E-state index contributed by atoms with van der Waals surface area (Å²) in [4.78, 5) is 5.55. The molecule has 0 aliphatic heterocycles. The summed E-state index contributed by atoms with van der Waals surface area (Å²) >= 11 is 1.56. The van der Waals surface area contributed by atoms with Crippen LogP contribution >= 0.6 is 11.3 Å². The Balaban J connectivity index is 1.41. The molecule has 168 valence electrons. The number of thiazole rings is 1. The minimum Gasteiger partial charge on any atom is -0.497 e. The highest BCUT2D eigenvalue weighted by Gasteiger charge is 2.12. The monoisotopic (exact) mass is 465 g/mol. The highest BCUT2D eigenvalue weighted by Crippen LogP contribution is 2.29. The van der Waals surface area contributed by atoms with Gasteiger partial charge in [0.25, 0.3) is 0 Å². The van der Waals surface area contributed by atoms with Gasteiger partial charge in [-0.2, -0.15) is 10.2 Å². The molecule has 1 N–H and O–H groups in total. The number of hydrazone groups is 1. The van der Waals surface area contributed by atoms with Gasteiger partial charge in [0.1, 0.15) is 11.4 Å². The van der Waals surface area contributed by atoms with Crippen molar-refractivity contribution in [2.75, 3.05) is 12.5 Å². The first kappa shape index (κ1) is 21.6. The van der Waals surface area contributed by atoms with E-state index >= 15 is 0 Å². The molecule has 0 saturated carbocycles. The lowest BCUT2D eigenvalue weighted by molar-refractivity contribution is 0.415. The molecule has 0 bridgehead atoms. The van der Waals surface area contributed by atoms with E-state index in [-0.39, 0.29) is 0 Å². The zero-order valence-corrected chi connectivity index (χ0v) is 19.7. The molecule has 3 aromatic carbocycles. The number of methoxy groups -OCH3 is 1. The van der Waals surface area contributed by atoms with Crippen LogP contribution in [-0.2, 0) is 0 Å². The fourth-order valence-electron chi connectivity index (χ4n) is 3.50. The van der Waals surface area contributed by atoms with Crippen molar-refractivity contribution in [1.29, 1.82) is 0 Å². The van der Waals surface area contributed by atoms with E-state index in [4.69, 9.17) is 9.84 Å². The van der Waals surface area contributed by atoms with Gasteiger partial charge in [0, 0.05) is 23.5 Å². The summed E-state index contributed by atoms with van der Waals surface area (Å²) in [5, 5.41) is 10.0. The van der Waals surface area contributed by atoms with E-state index in [9.17, 15) is 0 Å². The van der Waals surface area contributed by atoms with Gasteiger partial charge in [0.2, 0.25) is 5.13 Å². The van der Waals surface area contributed by atoms with Gasteiger partial charge in [-0.15, -0.1) is 0 Å². The predicted molar refractivity (Wildman–Crippen MR) is 139 cm³/mol. The number of para-hydroxylation sites is 1. The van der Waals surface area contributed by atoms with Gasteiger partial charge in [-0.3, -0.25) is 5.43 Å². The average Bonchev–Trinajstić information content (AvgIpc) is 3.53. The quantitative estimate of drug-likeness (QED) is 0.222. The van der Waals surface area contributed by atoms with Gasteiger partial charge in [0.05, 0.1) is 23.9 Å². The zero-order chi connectivity index (χ0) is 23.3. The van der Waals surface area contributed by atoms with Gasteiger partial charge in [0.15, 0.2) is 0 Å². The normalized spacial score (nSPS) is 11.1. The number of ether oxygens (including phenoxy) is 1. The Bertz CT molecular complexity index is 1400. The number of anilines is 1. The van der Waals surface area contributed by atoms with Crippen molar-refractivity contribution in [1.82, 2.24) is 14.8 Å². The van der Waals surface area contributed by atoms with Crippen LogP contribution in [0.1, 0.15) is 11.1 Å². The lowest BCUT2D eigenvalue weighted by Crippen LogP contribution is -1.94. The fraction of sp³-hybridized carbons (Fsp3) is 0.0741. The molecule has 7 heteroatoms. The number of benzene rings is 3. The first-order chi connectivity index (χ1) is 16.7. The molecule has 0 spiro atoms. The van der Waals surface area contributed by atoms with Crippen LogP contribution in [0.3, 0.4) is 0 Å². The second-order valence-corrected chi connectivity index (χ2v) is 8.74. The topological polar surface area (TPSA) is 64.3 Å². The molecule has 0 amide bonds. The summed E-state index contributed by atoms with van der Waals surface area (Å²) in [5.41, 5.74) is 9.12. The molecule has 5 rings (SSSR count). The smallest absolute Gasteiger partial charge is 0.203 e. The number of nitrogens with zero attached hydrogens (tertiary/aromatic N) is 4. The Morgan fingerprint density at radius 1 is 0.941 bits per heavy atom. The van der Waals surface area contributed by atoms with Crippen LogP contribution in [0, 0.1) is 6.92 Å². The van der Waals surface area contributed by atoms with Crippen molar-refractivity contribution in [3.63, 3.8) is 0 Å². The number of aromatic nitrogens is 3. The SMILES string of the molecule is COc1ccc(-c2nn(-c3ccccc3)cc2/C=N/Nc2ncc(-c3ccc(C)cc3)s2)cc1. The molecule has 0 saturated heterocycles. The van der Waals surface area contributed by atoms with Crippen LogP contribution in [0.2, 0.25) is 0 Å². The fourth-order valence-corrected chi connectivity index (χ4v) is 4.27. The average molecular weight is 466 g/mol. The highest BCUT2D eigenvalue weighted by molar-refractivity contribution is 7.18. The van der Waals surface area contributed by atoms with Crippen molar-refractivity contribution >= 4 is 22.7 Å². The number of rotatable bonds is 7. The van der Waals surface area contributed by atoms with Gasteiger partial charge < -0.3 is 4.74 Å². The number of nitrogens with one attached hydrogen (secondary N) is 1. The second-order valence-electron chi connectivity index (χ2n) is 7.71. The molecule has 34 heavy (non-hydrogen) atoms. The first-order valence-corrected chi connectivity index (χ1v) is 11.6. The van der Waals surface area contributed by atoms with Crippen LogP contribution in [0.25, 0.3) is 27.4 Å². The van der Waals surface area contributed by atoms with Crippen molar-refractivity contribution < 1.29 is 4.74 Å². The third-order valence-corrected chi connectivity index (χ3v) is 6.28. The predicted octanol–water partition coefficient (Wildman–Crippen LogP) is 6.43. The summed E-state index contributed by atoms with van der Waals surface area (Å²) in [6.45, 7) is 2.08. The Morgan fingerprint density at radius 2 is 1.68 bits per heavy atom. The largest absolute Gasteiger partial charge is 0.497 e. The zero-order valence-electron chi connectivity index (χ0n) is 18.8. The molecule has 2 aromatic heterocycles. The molecule has 0 radical (unpaired) electrons. The van der Waals surface area contributed by atoms with E-state index in [1.165, 1.54) is 5.56 Å². The third-order valence-electron chi connectivity index (χ3n) is 5.33. The summed E-state index contributed by atoms with van der Waals surface area (Å²) in [6, 6.07) is 26.3. The van der Waals surface area contributed by atoms with Crippen LogP contribution in [0.4, 0.5) is 5.13 Å². The van der Waals surface area contributed by atoms with Crippen molar-refractivity contribution in [2.24, 2.45) is 5.10 Å². The molecular formula is C27H23N5OS. The summed E-state index contributed by atoms with van der Waals surface area (Å²) in [5.74, 6) is 0.802. The summed E-state index contributed by atoms with van der Waals surface area (Å²) in [7, 11) is 1.66. The molecular weight excluding hydrogens is 442 g/mol. The molecule has 0 unspecified atom stereocenters. The maximum absolute atomic E-state index is 5.30. The molecule has 0 aliphatic carbocycles. The number of aryl methyl sites for hydroxylation is 1. The molecule has 0 aliphatic rings. The lowest BCUT2D eigenvalue weighted by Gasteiger charge is -2.02. The van der Waals surface area contributed by atoms with E-state index in [2.05, 4.69) is 46.7 Å². The molecule has 0 atom stereocenters. The molecule has 2 heterocycles. The number of hydrogen-bond acceptors (Lipinski definition) is 6. The Hall–Kier alpha value is -4.23. The van der Waals surface area contributed by atoms with Crippen molar-refractivity contribution in [3.05, 3.63) is 102 Å². The van der Waals surface area contributed by atoms with Crippen molar-refractivity contribution in [3.8, 4) is 33.1 Å². The van der Waals surface area contributed by atoms with Gasteiger partial charge in [-0.05, 0) is 48.9 Å². The van der Waals surface area contributed by atoms with Gasteiger partial charge in [-0.25, -0.2) is 9.67 Å². The molecule has 0 fully saturated rings. The van der Waals surface area contributed by atoms with E-state index in [1.54, 1.807) is 24.7 Å². The Labute approximate surface area is 202 Å². The summed E-state index contributed by atoms with van der Waals surface area (Å²) in [6.07, 6.45) is 5.61. The Morgan fingerprint density at radius 3 is 2.41 bits per heavy atom. The minimum absolute atomic E-state index is 0.730. The summed E-state index contributed by atoms with van der Waals surface area (Å²) < 4.78 is 7.16.